The van der Waals surface area contributed by atoms with Crippen molar-refractivity contribution in [3.8, 4) is 0 Å². The first kappa shape index (κ1) is 21.5. The molecule has 0 radical (unpaired) electrons. The summed E-state index contributed by atoms with van der Waals surface area (Å²) in [5.41, 5.74) is 3.75. The van der Waals surface area contributed by atoms with Crippen LogP contribution < -0.4 is 5.32 Å². The Labute approximate surface area is 189 Å². The highest BCUT2D eigenvalue weighted by Gasteiger charge is 2.28. The summed E-state index contributed by atoms with van der Waals surface area (Å²) in [5, 5.41) is 3.58. The Bertz CT molecular complexity index is 1130. The van der Waals surface area contributed by atoms with Crippen molar-refractivity contribution in [2.75, 3.05) is 18.9 Å². The second-order valence-electron chi connectivity index (χ2n) is 7.72. The Balaban J connectivity index is 1.63. The van der Waals surface area contributed by atoms with Crippen molar-refractivity contribution >= 4 is 44.4 Å². The first-order valence-electron chi connectivity index (χ1n) is 10.3. The monoisotopic (exact) mass is 481 g/mol. The Kier molecular flexibility index (Phi) is 6.34. The number of nitrogens with one attached hydrogen (secondary N) is 1. The van der Waals surface area contributed by atoms with Gasteiger partial charge >= 0.3 is 5.97 Å². The van der Waals surface area contributed by atoms with Crippen LogP contribution in [0.15, 0.2) is 53.0 Å². The van der Waals surface area contributed by atoms with Crippen molar-refractivity contribution < 1.29 is 14.3 Å². The number of fused-ring (bicyclic) bond motifs is 2. The number of ether oxygens (including phenoxy) is 1. The normalized spacial score (nSPS) is 14.7. The van der Waals surface area contributed by atoms with Crippen LogP contribution in [0, 0.1) is 0 Å². The van der Waals surface area contributed by atoms with E-state index in [1.165, 1.54) is 0 Å². The zero-order valence-corrected chi connectivity index (χ0v) is 19.1. The fraction of sp³-hybridized carbons (Fsp3) is 0.292. The number of carbonyl (C=O) groups is 2. The van der Waals surface area contributed by atoms with E-state index in [2.05, 4.69) is 26.1 Å². The molecule has 7 heteroatoms. The minimum absolute atomic E-state index is 0.345. The van der Waals surface area contributed by atoms with Gasteiger partial charge in [-0.25, -0.2) is 4.79 Å². The lowest BCUT2D eigenvalue weighted by Crippen LogP contribution is -2.34. The Hall–Kier alpha value is -2.77. The average molecular weight is 482 g/mol. The van der Waals surface area contributed by atoms with Crippen molar-refractivity contribution in [3.05, 3.63) is 69.8 Å². The number of nitrogens with zero attached hydrogens (tertiary/aromatic N) is 2. The van der Waals surface area contributed by atoms with Crippen molar-refractivity contribution in [1.82, 2.24) is 9.88 Å². The van der Waals surface area contributed by atoms with Gasteiger partial charge in [0, 0.05) is 46.3 Å². The van der Waals surface area contributed by atoms with Crippen molar-refractivity contribution in [3.63, 3.8) is 0 Å². The smallest absolute Gasteiger partial charge is 0.340 e. The number of carbonyl (C=O) groups excluding carboxylic acids is 2. The van der Waals surface area contributed by atoms with Crippen LogP contribution in [0.5, 0.6) is 0 Å². The van der Waals surface area contributed by atoms with Crippen LogP contribution in [0.2, 0.25) is 0 Å². The molecule has 0 aliphatic carbocycles. The summed E-state index contributed by atoms with van der Waals surface area (Å²) in [6.45, 7) is 3.34. The lowest BCUT2D eigenvalue weighted by atomic mass is 9.96. The first-order chi connectivity index (χ1) is 15.0. The lowest BCUT2D eigenvalue weighted by Gasteiger charge is -2.27. The summed E-state index contributed by atoms with van der Waals surface area (Å²) in [4.78, 5) is 33.1. The molecule has 1 unspecified atom stereocenters. The number of pyridine rings is 1. The van der Waals surface area contributed by atoms with Gasteiger partial charge in [-0.2, -0.15) is 0 Å². The van der Waals surface area contributed by atoms with Crippen molar-refractivity contribution in [2.24, 2.45) is 0 Å². The highest BCUT2D eigenvalue weighted by atomic mass is 79.9. The SMILES string of the molecule is CCC(OC(=O)c1c2c(nc3ccccc13)CCN(C)C2)C(=O)Nc1ccc(Br)cc1. The zero-order chi connectivity index (χ0) is 22.0. The number of rotatable bonds is 5. The molecule has 0 spiro atoms. The number of aromatic nitrogens is 1. The zero-order valence-electron chi connectivity index (χ0n) is 17.5. The number of likely N-dealkylation sites (N-methyl/N-ethyl adjacent to an activating group) is 1. The molecule has 2 aromatic carbocycles. The van der Waals surface area contributed by atoms with Gasteiger partial charge < -0.3 is 15.0 Å². The van der Waals surface area contributed by atoms with Gasteiger partial charge in [0.1, 0.15) is 0 Å². The molecule has 0 bridgehead atoms. The van der Waals surface area contributed by atoms with E-state index in [0.29, 0.717) is 24.2 Å². The predicted molar refractivity (Wildman–Crippen MR) is 124 cm³/mol. The summed E-state index contributed by atoms with van der Waals surface area (Å²) in [6.07, 6.45) is 0.261. The Morgan fingerprint density at radius 2 is 1.94 bits per heavy atom. The van der Waals surface area contributed by atoms with E-state index in [1.807, 2.05) is 50.4 Å². The third-order valence-electron chi connectivity index (χ3n) is 5.47. The summed E-state index contributed by atoms with van der Waals surface area (Å²) in [5.74, 6) is -0.828. The molecule has 2 heterocycles. The summed E-state index contributed by atoms with van der Waals surface area (Å²) >= 11 is 3.38. The molecule has 1 N–H and O–H groups in total. The van der Waals surface area contributed by atoms with Crippen LogP contribution in [0.25, 0.3) is 10.9 Å². The minimum Gasteiger partial charge on any atom is -0.449 e. The molecule has 3 aromatic rings. The van der Waals surface area contributed by atoms with Crippen LogP contribution >= 0.6 is 15.9 Å². The van der Waals surface area contributed by atoms with Crippen molar-refractivity contribution in [1.29, 1.82) is 0 Å². The fourth-order valence-electron chi connectivity index (χ4n) is 3.82. The molecule has 160 valence electrons. The topological polar surface area (TPSA) is 71.5 Å². The van der Waals surface area contributed by atoms with Gasteiger partial charge in [0.25, 0.3) is 5.91 Å². The molecule has 0 saturated heterocycles. The molecule has 4 rings (SSSR count). The second kappa shape index (κ2) is 9.16. The average Bonchev–Trinajstić information content (AvgIpc) is 2.77. The number of amides is 1. The third-order valence-corrected chi connectivity index (χ3v) is 5.99. The quantitative estimate of drug-likeness (QED) is 0.540. The standard InChI is InChI=1S/C24H24BrN3O3/c1-3-21(23(29)26-16-10-8-15(25)9-11-16)31-24(30)22-17-6-4-5-7-19(17)27-20-12-13-28(2)14-18(20)22/h4-11,21H,3,12-14H2,1-2H3,(H,26,29). The Morgan fingerprint density at radius 1 is 1.19 bits per heavy atom. The van der Waals surface area contributed by atoms with Gasteiger partial charge in [-0.15, -0.1) is 0 Å². The maximum atomic E-state index is 13.4. The minimum atomic E-state index is -0.889. The maximum Gasteiger partial charge on any atom is 0.340 e. The summed E-state index contributed by atoms with van der Waals surface area (Å²) in [7, 11) is 2.02. The van der Waals surface area contributed by atoms with Crippen molar-refractivity contribution in [2.45, 2.75) is 32.4 Å². The van der Waals surface area contributed by atoms with E-state index in [-0.39, 0.29) is 5.91 Å². The number of benzene rings is 2. The van der Waals surface area contributed by atoms with Gasteiger partial charge in [-0.05, 0) is 43.8 Å². The van der Waals surface area contributed by atoms with E-state index >= 15 is 0 Å². The van der Waals surface area contributed by atoms with Gasteiger partial charge in [0.15, 0.2) is 6.10 Å². The molecular weight excluding hydrogens is 458 g/mol. The first-order valence-corrected chi connectivity index (χ1v) is 11.1. The molecule has 1 aromatic heterocycles. The maximum absolute atomic E-state index is 13.4. The molecule has 0 saturated carbocycles. The Morgan fingerprint density at radius 3 is 2.68 bits per heavy atom. The molecule has 1 amide bonds. The fourth-order valence-corrected chi connectivity index (χ4v) is 4.09. The lowest BCUT2D eigenvalue weighted by molar-refractivity contribution is -0.124. The van der Waals surface area contributed by atoms with Crippen LogP contribution in [0.1, 0.15) is 35.0 Å². The molecule has 6 nitrogen and oxygen atoms in total. The van der Waals surface area contributed by atoms with Gasteiger partial charge in [0.2, 0.25) is 0 Å². The van der Waals surface area contributed by atoms with E-state index < -0.39 is 12.1 Å². The van der Waals surface area contributed by atoms with Gasteiger partial charge in [0.05, 0.1) is 11.1 Å². The van der Waals surface area contributed by atoms with E-state index in [9.17, 15) is 9.59 Å². The largest absolute Gasteiger partial charge is 0.449 e. The van der Waals surface area contributed by atoms with Crippen LogP contribution in [-0.4, -0.2) is 41.5 Å². The van der Waals surface area contributed by atoms with E-state index in [4.69, 9.17) is 9.72 Å². The third kappa shape index (κ3) is 4.62. The van der Waals surface area contributed by atoms with Crippen LogP contribution in [0.4, 0.5) is 5.69 Å². The highest BCUT2D eigenvalue weighted by molar-refractivity contribution is 9.10. The number of anilines is 1. The molecule has 31 heavy (non-hydrogen) atoms. The molecular formula is C24H24BrN3O3. The van der Waals surface area contributed by atoms with Gasteiger partial charge in [-0.3, -0.25) is 9.78 Å². The predicted octanol–water partition coefficient (Wildman–Crippen LogP) is 4.56. The van der Waals surface area contributed by atoms with E-state index in [1.54, 1.807) is 12.1 Å². The molecule has 1 aliphatic heterocycles. The number of hydrogen-bond donors (Lipinski definition) is 1. The van der Waals surface area contributed by atoms with Crippen LogP contribution in [0.3, 0.4) is 0 Å². The van der Waals surface area contributed by atoms with Gasteiger partial charge in [-0.1, -0.05) is 41.1 Å². The van der Waals surface area contributed by atoms with E-state index in [0.717, 1.165) is 39.6 Å². The summed E-state index contributed by atoms with van der Waals surface area (Å²) < 4.78 is 6.67. The second-order valence-corrected chi connectivity index (χ2v) is 8.63. The molecule has 0 fully saturated rings. The van der Waals surface area contributed by atoms with Crippen LogP contribution in [-0.2, 0) is 22.5 Å². The summed E-state index contributed by atoms with van der Waals surface area (Å²) in [6, 6.07) is 14.9. The number of esters is 1. The number of para-hydroxylation sites is 1. The number of hydrogen-bond acceptors (Lipinski definition) is 5. The molecule has 1 aliphatic rings. The molecule has 1 atom stereocenters. The highest BCUT2D eigenvalue weighted by Crippen LogP contribution is 2.29. The number of halogens is 1.